The Kier molecular flexibility index (Phi) is 5.09. The van der Waals surface area contributed by atoms with Crippen molar-refractivity contribution in [2.75, 3.05) is 17.2 Å². The van der Waals surface area contributed by atoms with Crippen LogP contribution in [0.1, 0.15) is 30.7 Å². The maximum absolute atomic E-state index is 11.0. The fraction of sp³-hybridized carbons (Fsp3) is 0.250. The van der Waals surface area contributed by atoms with Crippen molar-refractivity contribution in [3.8, 4) is 11.3 Å². The lowest BCUT2D eigenvalue weighted by atomic mass is 10.2. The van der Waals surface area contributed by atoms with Gasteiger partial charge >= 0.3 is 0 Å². The summed E-state index contributed by atoms with van der Waals surface area (Å²) in [6.07, 6.45) is 9.63. The molecule has 1 fully saturated rings. The number of hydrogen-bond donors (Lipinski definition) is 3. The molecule has 3 aromatic heterocycles. The molecule has 3 aromatic rings. The van der Waals surface area contributed by atoms with Crippen LogP contribution in [-0.4, -0.2) is 32.4 Å². The van der Waals surface area contributed by atoms with Crippen molar-refractivity contribution < 1.29 is 4.79 Å². The number of amides is 1. The molecule has 0 radical (unpaired) electrons. The number of carbonyl (C=O) groups excluding carboxylic acids is 1. The van der Waals surface area contributed by atoms with Gasteiger partial charge in [0, 0.05) is 42.7 Å². The Bertz CT molecular complexity index is 956. The first-order chi connectivity index (χ1) is 13.7. The highest BCUT2D eigenvalue weighted by molar-refractivity contribution is 5.74. The Morgan fingerprint density at radius 1 is 1.14 bits per heavy atom. The second kappa shape index (κ2) is 7.99. The molecule has 4 N–H and O–H groups in total. The van der Waals surface area contributed by atoms with Crippen molar-refractivity contribution in [2.45, 2.75) is 25.2 Å². The van der Waals surface area contributed by atoms with E-state index in [-0.39, 0.29) is 12.3 Å². The van der Waals surface area contributed by atoms with Gasteiger partial charge in [0.1, 0.15) is 5.82 Å². The molecular formula is C20H21N7O. The zero-order valence-corrected chi connectivity index (χ0v) is 15.3. The third-order valence-corrected chi connectivity index (χ3v) is 4.48. The van der Waals surface area contributed by atoms with E-state index >= 15 is 0 Å². The Morgan fingerprint density at radius 3 is 2.71 bits per heavy atom. The highest BCUT2D eigenvalue weighted by Gasteiger charge is 2.27. The van der Waals surface area contributed by atoms with Gasteiger partial charge in [0.2, 0.25) is 11.9 Å². The highest BCUT2D eigenvalue weighted by Crippen LogP contribution is 2.42. The number of nitrogens with zero attached hydrogens (tertiary/aromatic N) is 4. The maximum Gasteiger partial charge on any atom is 0.229 e. The molecule has 142 valence electrons. The average Bonchev–Trinajstić information content (AvgIpc) is 3.54. The van der Waals surface area contributed by atoms with Gasteiger partial charge in [0.25, 0.3) is 0 Å². The molecule has 1 saturated carbocycles. The Hall–Kier alpha value is -3.55. The van der Waals surface area contributed by atoms with Crippen LogP contribution in [-0.2, 0) is 4.79 Å². The summed E-state index contributed by atoms with van der Waals surface area (Å²) in [5.41, 5.74) is 8.89. The summed E-state index contributed by atoms with van der Waals surface area (Å²) in [6, 6.07) is 7.69. The number of rotatable bonds is 8. The van der Waals surface area contributed by atoms with Gasteiger partial charge in [-0.25, -0.2) is 4.98 Å². The molecule has 0 saturated heterocycles. The van der Waals surface area contributed by atoms with Gasteiger partial charge in [-0.1, -0.05) is 0 Å². The minimum absolute atomic E-state index is 0.261. The van der Waals surface area contributed by atoms with Crippen LogP contribution in [0.15, 0.2) is 49.1 Å². The normalized spacial score (nSPS) is 13.1. The summed E-state index contributed by atoms with van der Waals surface area (Å²) in [4.78, 5) is 28.6. The number of hydrogen-bond acceptors (Lipinski definition) is 7. The Balaban J connectivity index is 1.48. The van der Waals surface area contributed by atoms with Crippen LogP contribution in [0.5, 0.6) is 0 Å². The molecule has 0 aliphatic heterocycles. The Morgan fingerprint density at radius 2 is 2.04 bits per heavy atom. The largest absolute Gasteiger partial charge is 0.370 e. The molecule has 8 heteroatoms. The molecule has 4 rings (SSSR count). The predicted octanol–water partition coefficient (Wildman–Crippen LogP) is 2.84. The van der Waals surface area contributed by atoms with Crippen LogP contribution < -0.4 is 16.4 Å². The maximum atomic E-state index is 11.0. The van der Waals surface area contributed by atoms with Crippen LogP contribution in [0.2, 0.25) is 0 Å². The summed E-state index contributed by atoms with van der Waals surface area (Å²) in [5, 5.41) is 6.38. The van der Waals surface area contributed by atoms with Gasteiger partial charge in [-0.3, -0.25) is 14.8 Å². The third-order valence-electron chi connectivity index (χ3n) is 4.48. The molecule has 0 atom stereocenters. The lowest BCUT2D eigenvalue weighted by molar-refractivity contribution is -0.117. The van der Waals surface area contributed by atoms with Crippen molar-refractivity contribution in [3.63, 3.8) is 0 Å². The molecule has 0 spiro atoms. The van der Waals surface area contributed by atoms with E-state index < -0.39 is 0 Å². The molecule has 1 aliphatic rings. The van der Waals surface area contributed by atoms with Crippen LogP contribution in [0.3, 0.4) is 0 Å². The van der Waals surface area contributed by atoms with Crippen molar-refractivity contribution in [1.29, 1.82) is 0 Å². The second-order valence-corrected chi connectivity index (χ2v) is 6.71. The number of nitrogens with two attached hydrogens (primary N) is 1. The molecule has 8 nitrogen and oxygen atoms in total. The molecule has 1 amide bonds. The van der Waals surface area contributed by atoms with Gasteiger partial charge in [-0.05, 0) is 43.0 Å². The van der Waals surface area contributed by atoms with E-state index in [2.05, 4.69) is 30.6 Å². The van der Waals surface area contributed by atoms with Crippen LogP contribution in [0, 0.1) is 0 Å². The van der Waals surface area contributed by atoms with Gasteiger partial charge in [-0.15, -0.1) is 0 Å². The first-order valence-corrected chi connectivity index (χ1v) is 9.21. The van der Waals surface area contributed by atoms with E-state index in [4.69, 9.17) is 5.73 Å². The summed E-state index contributed by atoms with van der Waals surface area (Å²) in [7, 11) is 0. The molecular weight excluding hydrogens is 354 g/mol. The van der Waals surface area contributed by atoms with Crippen LogP contribution >= 0.6 is 0 Å². The zero-order chi connectivity index (χ0) is 19.3. The molecule has 0 unspecified atom stereocenters. The predicted molar refractivity (Wildman–Crippen MR) is 107 cm³/mol. The van der Waals surface area contributed by atoms with E-state index in [1.807, 2.05) is 30.5 Å². The number of pyridine rings is 2. The number of aromatic nitrogens is 4. The first kappa shape index (κ1) is 17.8. The highest BCUT2D eigenvalue weighted by atomic mass is 16.1. The van der Waals surface area contributed by atoms with Gasteiger partial charge in [-0.2, -0.15) is 4.98 Å². The third kappa shape index (κ3) is 4.40. The molecule has 1 aliphatic carbocycles. The molecule has 3 heterocycles. The molecule has 28 heavy (non-hydrogen) atoms. The summed E-state index contributed by atoms with van der Waals surface area (Å²) >= 11 is 0. The number of primary amides is 1. The van der Waals surface area contributed by atoms with Crippen LogP contribution in [0.25, 0.3) is 11.3 Å². The molecule has 0 bridgehead atoms. The number of carbonyl (C=O) groups is 1. The van der Waals surface area contributed by atoms with Crippen LogP contribution in [0.4, 0.5) is 17.5 Å². The minimum atomic E-state index is -0.340. The van der Waals surface area contributed by atoms with E-state index in [0.717, 1.165) is 41.2 Å². The van der Waals surface area contributed by atoms with Crippen molar-refractivity contribution >= 4 is 23.4 Å². The van der Waals surface area contributed by atoms with Gasteiger partial charge < -0.3 is 16.4 Å². The van der Waals surface area contributed by atoms with Crippen molar-refractivity contribution in [1.82, 2.24) is 19.9 Å². The zero-order valence-electron chi connectivity index (χ0n) is 15.3. The SMILES string of the molecule is NC(=O)CCNc1nc(Nc2ccc(-c3cccnc3)nc2)ncc1C1CC1. The standard InChI is InChI=1S/C20H21N7O/c21-18(28)7-9-23-19-16(13-3-4-13)12-25-20(27-19)26-15-5-6-17(24-11-15)14-2-1-8-22-10-14/h1-2,5-6,8,10-13H,3-4,7,9H2,(H2,21,28)(H2,23,25,26,27). The van der Waals surface area contributed by atoms with Gasteiger partial charge in [0.05, 0.1) is 17.6 Å². The number of nitrogens with one attached hydrogen (secondary N) is 2. The fourth-order valence-electron chi connectivity index (χ4n) is 2.87. The summed E-state index contributed by atoms with van der Waals surface area (Å²) in [6.45, 7) is 0.451. The van der Waals surface area contributed by atoms with E-state index in [0.29, 0.717) is 18.4 Å². The second-order valence-electron chi connectivity index (χ2n) is 6.71. The van der Waals surface area contributed by atoms with Crippen molar-refractivity contribution in [3.05, 3.63) is 54.6 Å². The molecule has 0 aromatic carbocycles. The lowest BCUT2D eigenvalue weighted by Gasteiger charge is -2.12. The topological polar surface area (TPSA) is 119 Å². The van der Waals surface area contributed by atoms with E-state index in [9.17, 15) is 4.79 Å². The summed E-state index contributed by atoms with van der Waals surface area (Å²) in [5.74, 6) is 1.38. The average molecular weight is 375 g/mol. The summed E-state index contributed by atoms with van der Waals surface area (Å²) < 4.78 is 0. The minimum Gasteiger partial charge on any atom is -0.370 e. The smallest absolute Gasteiger partial charge is 0.229 e. The van der Waals surface area contributed by atoms with E-state index in [1.54, 1.807) is 18.6 Å². The van der Waals surface area contributed by atoms with Crippen molar-refractivity contribution in [2.24, 2.45) is 5.73 Å². The quantitative estimate of drug-likeness (QED) is 0.554. The first-order valence-electron chi connectivity index (χ1n) is 9.21. The van der Waals surface area contributed by atoms with E-state index in [1.165, 1.54) is 0 Å². The lowest BCUT2D eigenvalue weighted by Crippen LogP contribution is -2.17. The Labute approximate surface area is 162 Å². The monoisotopic (exact) mass is 375 g/mol. The number of anilines is 3. The fourth-order valence-corrected chi connectivity index (χ4v) is 2.87. The van der Waals surface area contributed by atoms with Gasteiger partial charge in [0.15, 0.2) is 0 Å².